The second-order valence-electron chi connectivity index (χ2n) is 4.17. The van der Waals surface area contributed by atoms with Gasteiger partial charge < -0.3 is 5.11 Å². The average molecular weight is 247 g/mol. The Balaban J connectivity index is 2.39. The number of rotatable bonds is 4. The van der Waals surface area contributed by atoms with Crippen molar-refractivity contribution in [1.82, 2.24) is 4.98 Å². The molecule has 0 saturated carbocycles. The molecule has 0 bridgehead atoms. The fraction of sp³-hybridized carbons (Fsp3) is 0.357. The summed E-state index contributed by atoms with van der Waals surface area (Å²) in [5.41, 5.74) is 3.43. The van der Waals surface area contributed by atoms with Crippen molar-refractivity contribution < 1.29 is 5.11 Å². The number of aromatic nitrogens is 1. The van der Waals surface area contributed by atoms with Gasteiger partial charge in [-0.05, 0) is 19.4 Å². The molecule has 0 atom stereocenters. The zero-order valence-corrected chi connectivity index (χ0v) is 11.0. The van der Waals surface area contributed by atoms with Crippen LogP contribution >= 0.6 is 11.3 Å². The third-order valence-electron chi connectivity index (χ3n) is 2.67. The van der Waals surface area contributed by atoms with Crippen LogP contribution in [0, 0.1) is 6.92 Å². The maximum absolute atomic E-state index is 9.33. The molecular formula is C14H17NOS. The van der Waals surface area contributed by atoms with Gasteiger partial charge in [0.1, 0.15) is 5.01 Å². The van der Waals surface area contributed by atoms with E-state index < -0.39 is 0 Å². The zero-order chi connectivity index (χ0) is 12.3. The highest BCUT2D eigenvalue weighted by molar-refractivity contribution is 7.15. The van der Waals surface area contributed by atoms with Gasteiger partial charge in [0.25, 0.3) is 0 Å². The number of aliphatic hydroxyl groups excluding tert-OH is 1. The quantitative estimate of drug-likeness (QED) is 0.896. The molecule has 0 aliphatic rings. The molecule has 2 rings (SSSR count). The van der Waals surface area contributed by atoms with Crippen molar-refractivity contribution in [3.8, 4) is 10.6 Å². The van der Waals surface area contributed by atoms with Crippen molar-refractivity contribution in [1.29, 1.82) is 0 Å². The highest BCUT2D eigenvalue weighted by atomic mass is 32.1. The van der Waals surface area contributed by atoms with Crippen LogP contribution in [0.3, 0.4) is 0 Å². The molecule has 3 heteroatoms. The lowest BCUT2D eigenvalue weighted by atomic mass is 10.1. The van der Waals surface area contributed by atoms with E-state index in [1.54, 1.807) is 11.3 Å². The normalized spacial score (nSPS) is 10.8. The smallest absolute Gasteiger partial charge is 0.123 e. The van der Waals surface area contributed by atoms with Gasteiger partial charge in [-0.2, -0.15) is 0 Å². The molecule has 17 heavy (non-hydrogen) atoms. The Morgan fingerprint density at radius 2 is 2.18 bits per heavy atom. The fourth-order valence-corrected chi connectivity index (χ4v) is 2.80. The van der Waals surface area contributed by atoms with Crippen LogP contribution in [0.4, 0.5) is 0 Å². The van der Waals surface area contributed by atoms with Gasteiger partial charge in [0.15, 0.2) is 0 Å². The van der Waals surface area contributed by atoms with Gasteiger partial charge in [-0.1, -0.05) is 37.1 Å². The number of benzene rings is 1. The van der Waals surface area contributed by atoms with E-state index in [-0.39, 0.29) is 6.61 Å². The third kappa shape index (κ3) is 2.73. The van der Waals surface area contributed by atoms with Crippen molar-refractivity contribution in [2.45, 2.75) is 33.3 Å². The molecule has 90 valence electrons. The lowest BCUT2D eigenvalue weighted by Crippen LogP contribution is -1.89. The Labute approximate surface area is 106 Å². The molecular weight excluding hydrogens is 230 g/mol. The molecule has 0 aliphatic heterocycles. The lowest BCUT2D eigenvalue weighted by Gasteiger charge is -1.97. The van der Waals surface area contributed by atoms with Crippen LogP contribution in [0.15, 0.2) is 24.3 Å². The Bertz CT molecular complexity index is 505. The summed E-state index contributed by atoms with van der Waals surface area (Å²) < 4.78 is 0. The zero-order valence-electron chi connectivity index (χ0n) is 10.2. The van der Waals surface area contributed by atoms with E-state index >= 15 is 0 Å². The second-order valence-corrected chi connectivity index (χ2v) is 5.25. The SMILES string of the molecule is CCCc1nc(-c2cccc(C)c2)sc1CO. The third-order valence-corrected chi connectivity index (χ3v) is 3.81. The molecule has 2 nitrogen and oxygen atoms in total. The van der Waals surface area contributed by atoms with Gasteiger partial charge in [-0.3, -0.25) is 0 Å². The molecule has 0 fully saturated rings. The molecule has 0 radical (unpaired) electrons. The molecule has 0 amide bonds. The van der Waals surface area contributed by atoms with Crippen molar-refractivity contribution in [3.05, 3.63) is 40.4 Å². The first-order valence-electron chi connectivity index (χ1n) is 5.91. The number of nitrogens with zero attached hydrogens (tertiary/aromatic N) is 1. The monoisotopic (exact) mass is 247 g/mol. The summed E-state index contributed by atoms with van der Waals surface area (Å²) in [7, 11) is 0. The summed E-state index contributed by atoms with van der Waals surface area (Å²) in [6.07, 6.45) is 2.00. The van der Waals surface area contributed by atoms with E-state index in [1.165, 1.54) is 5.56 Å². The molecule has 0 unspecified atom stereocenters. The van der Waals surface area contributed by atoms with E-state index in [2.05, 4.69) is 37.0 Å². The van der Waals surface area contributed by atoms with Gasteiger partial charge in [-0.25, -0.2) is 4.98 Å². The van der Waals surface area contributed by atoms with Crippen molar-refractivity contribution in [2.24, 2.45) is 0 Å². The van der Waals surface area contributed by atoms with Gasteiger partial charge in [0, 0.05) is 5.56 Å². The highest BCUT2D eigenvalue weighted by Gasteiger charge is 2.11. The minimum atomic E-state index is 0.0960. The molecule has 1 aromatic heterocycles. The maximum atomic E-state index is 9.33. The van der Waals surface area contributed by atoms with Crippen LogP contribution < -0.4 is 0 Å². The van der Waals surface area contributed by atoms with E-state index in [9.17, 15) is 5.11 Å². The summed E-state index contributed by atoms with van der Waals surface area (Å²) in [5, 5.41) is 10.3. The average Bonchev–Trinajstić information content (AvgIpc) is 2.73. The highest BCUT2D eigenvalue weighted by Crippen LogP contribution is 2.29. The standard InChI is InChI=1S/C14H17NOS/c1-3-5-12-13(9-16)17-14(15-12)11-7-4-6-10(2)8-11/h4,6-8,16H,3,5,9H2,1-2H3. The van der Waals surface area contributed by atoms with Crippen LogP contribution in [0.2, 0.25) is 0 Å². The van der Waals surface area contributed by atoms with Crippen LogP contribution in [0.5, 0.6) is 0 Å². The summed E-state index contributed by atoms with van der Waals surface area (Å²) in [6, 6.07) is 8.33. The summed E-state index contributed by atoms with van der Waals surface area (Å²) in [6.45, 7) is 4.31. The van der Waals surface area contributed by atoms with Crippen LogP contribution in [-0.2, 0) is 13.0 Å². The molecule has 2 aromatic rings. The van der Waals surface area contributed by atoms with Gasteiger partial charge in [0.05, 0.1) is 17.2 Å². The predicted octanol–water partition coefficient (Wildman–Crippen LogP) is 3.56. The molecule has 0 spiro atoms. The fourth-order valence-electron chi connectivity index (χ4n) is 1.84. The Kier molecular flexibility index (Phi) is 3.92. The molecule has 1 N–H and O–H groups in total. The largest absolute Gasteiger partial charge is 0.391 e. The van der Waals surface area contributed by atoms with E-state index in [4.69, 9.17) is 0 Å². The molecule has 0 aliphatic carbocycles. The van der Waals surface area contributed by atoms with E-state index in [1.807, 2.05) is 6.07 Å². The molecule has 1 aromatic carbocycles. The Morgan fingerprint density at radius 1 is 1.35 bits per heavy atom. The maximum Gasteiger partial charge on any atom is 0.123 e. The second kappa shape index (κ2) is 5.43. The number of hydrogen-bond donors (Lipinski definition) is 1. The minimum absolute atomic E-state index is 0.0960. The predicted molar refractivity (Wildman–Crippen MR) is 72.2 cm³/mol. The van der Waals surface area contributed by atoms with Crippen LogP contribution in [-0.4, -0.2) is 10.1 Å². The van der Waals surface area contributed by atoms with Crippen molar-refractivity contribution >= 4 is 11.3 Å². The summed E-state index contributed by atoms with van der Waals surface area (Å²) >= 11 is 1.60. The Morgan fingerprint density at radius 3 is 2.82 bits per heavy atom. The van der Waals surface area contributed by atoms with Crippen molar-refractivity contribution in [2.75, 3.05) is 0 Å². The summed E-state index contributed by atoms with van der Waals surface area (Å²) in [4.78, 5) is 5.64. The van der Waals surface area contributed by atoms with E-state index in [0.29, 0.717) is 0 Å². The van der Waals surface area contributed by atoms with Gasteiger partial charge in [-0.15, -0.1) is 11.3 Å². The lowest BCUT2D eigenvalue weighted by molar-refractivity contribution is 0.284. The molecule has 1 heterocycles. The van der Waals surface area contributed by atoms with Crippen LogP contribution in [0.25, 0.3) is 10.6 Å². The number of aryl methyl sites for hydroxylation is 2. The first kappa shape index (κ1) is 12.3. The van der Waals surface area contributed by atoms with Gasteiger partial charge >= 0.3 is 0 Å². The van der Waals surface area contributed by atoms with Crippen LogP contribution in [0.1, 0.15) is 29.5 Å². The first-order chi connectivity index (χ1) is 8.24. The van der Waals surface area contributed by atoms with Crippen molar-refractivity contribution in [3.63, 3.8) is 0 Å². The first-order valence-corrected chi connectivity index (χ1v) is 6.72. The van der Waals surface area contributed by atoms with Gasteiger partial charge in [0.2, 0.25) is 0 Å². The van der Waals surface area contributed by atoms with E-state index in [0.717, 1.165) is 34.0 Å². The minimum Gasteiger partial charge on any atom is -0.391 e. The summed E-state index contributed by atoms with van der Waals surface area (Å²) in [5.74, 6) is 0. The number of hydrogen-bond acceptors (Lipinski definition) is 3. The topological polar surface area (TPSA) is 33.1 Å². The number of thiazole rings is 1. The molecule has 0 saturated heterocycles. The number of aliphatic hydroxyl groups is 1. The Hall–Kier alpha value is -1.19.